The van der Waals surface area contributed by atoms with E-state index in [2.05, 4.69) is 11.1 Å². The van der Waals surface area contributed by atoms with Crippen molar-refractivity contribution in [1.29, 1.82) is 0 Å². The van der Waals surface area contributed by atoms with E-state index in [0.29, 0.717) is 31.7 Å². The van der Waals surface area contributed by atoms with Gasteiger partial charge >= 0.3 is 0 Å². The van der Waals surface area contributed by atoms with Crippen LogP contribution in [0.2, 0.25) is 0 Å². The SMILES string of the molecule is CC(C)C(=O)N1CCN(C(=O)c2ccc(SCc3cccnc3)cc2)CC1. The molecule has 0 saturated carbocycles. The van der Waals surface area contributed by atoms with E-state index in [0.717, 1.165) is 10.6 Å². The number of carbonyl (C=O) groups excluding carboxylic acids is 2. The molecule has 1 saturated heterocycles. The van der Waals surface area contributed by atoms with Crippen molar-refractivity contribution in [1.82, 2.24) is 14.8 Å². The zero-order valence-electron chi connectivity index (χ0n) is 15.8. The van der Waals surface area contributed by atoms with Crippen molar-refractivity contribution in [3.8, 4) is 0 Å². The molecule has 0 unspecified atom stereocenters. The van der Waals surface area contributed by atoms with Crippen LogP contribution >= 0.6 is 11.8 Å². The van der Waals surface area contributed by atoms with Crippen LogP contribution in [0.15, 0.2) is 53.7 Å². The molecule has 2 heterocycles. The highest BCUT2D eigenvalue weighted by atomic mass is 32.2. The summed E-state index contributed by atoms with van der Waals surface area (Å²) in [6.07, 6.45) is 3.64. The van der Waals surface area contributed by atoms with Crippen molar-refractivity contribution >= 4 is 23.6 Å². The van der Waals surface area contributed by atoms with Gasteiger partial charge in [-0.1, -0.05) is 19.9 Å². The number of piperazine rings is 1. The molecular weight excluding hydrogens is 358 g/mol. The number of benzene rings is 1. The van der Waals surface area contributed by atoms with Crippen LogP contribution in [0, 0.1) is 5.92 Å². The molecule has 0 atom stereocenters. The van der Waals surface area contributed by atoms with E-state index in [9.17, 15) is 9.59 Å². The van der Waals surface area contributed by atoms with Crippen LogP contribution in [0.3, 0.4) is 0 Å². The molecule has 0 radical (unpaired) electrons. The van der Waals surface area contributed by atoms with E-state index in [1.54, 1.807) is 18.0 Å². The van der Waals surface area contributed by atoms with Gasteiger partial charge in [0.2, 0.25) is 5.91 Å². The third kappa shape index (κ3) is 5.10. The largest absolute Gasteiger partial charge is 0.339 e. The molecule has 3 rings (SSSR count). The van der Waals surface area contributed by atoms with Gasteiger partial charge in [-0.3, -0.25) is 14.6 Å². The molecule has 1 aliphatic rings. The predicted molar refractivity (Wildman–Crippen MR) is 108 cm³/mol. The van der Waals surface area contributed by atoms with Crippen LogP contribution in [-0.2, 0) is 10.5 Å². The van der Waals surface area contributed by atoms with Crippen molar-refractivity contribution in [2.24, 2.45) is 5.92 Å². The minimum atomic E-state index is 0.00367. The van der Waals surface area contributed by atoms with Gasteiger partial charge < -0.3 is 9.80 Å². The number of hydrogen-bond donors (Lipinski definition) is 0. The highest BCUT2D eigenvalue weighted by Gasteiger charge is 2.25. The summed E-state index contributed by atoms with van der Waals surface area (Å²) in [6, 6.07) is 11.8. The van der Waals surface area contributed by atoms with Gasteiger partial charge in [0.25, 0.3) is 5.91 Å². The zero-order chi connectivity index (χ0) is 19.2. The Balaban J connectivity index is 1.53. The summed E-state index contributed by atoms with van der Waals surface area (Å²) in [5, 5.41) is 0. The molecule has 0 aliphatic carbocycles. The van der Waals surface area contributed by atoms with Gasteiger partial charge in [-0.05, 0) is 35.9 Å². The number of rotatable bonds is 5. The average Bonchev–Trinajstić information content (AvgIpc) is 2.72. The normalized spacial score (nSPS) is 14.5. The Hall–Kier alpha value is -2.34. The second-order valence-corrected chi connectivity index (χ2v) is 8.00. The minimum Gasteiger partial charge on any atom is -0.339 e. The quantitative estimate of drug-likeness (QED) is 0.744. The molecule has 1 aliphatic heterocycles. The van der Waals surface area contributed by atoms with Crippen molar-refractivity contribution in [2.75, 3.05) is 26.2 Å². The summed E-state index contributed by atoms with van der Waals surface area (Å²) in [5.41, 5.74) is 1.88. The van der Waals surface area contributed by atoms with Gasteiger partial charge in [0.1, 0.15) is 0 Å². The third-order valence-corrected chi connectivity index (χ3v) is 5.69. The molecule has 1 fully saturated rings. The first-order valence-electron chi connectivity index (χ1n) is 9.24. The highest BCUT2D eigenvalue weighted by molar-refractivity contribution is 7.98. The molecule has 0 bridgehead atoms. The number of pyridine rings is 1. The summed E-state index contributed by atoms with van der Waals surface area (Å²) in [6.45, 7) is 6.23. The Morgan fingerprint density at radius 1 is 1.04 bits per heavy atom. The molecule has 142 valence electrons. The lowest BCUT2D eigenvalue weighted by Crippen LogP contribution is -2.51. The standard InChI is InChI=1S/C21H25N3O2S/c1-16(2)20(25)23-10-12-24(13-11-23)21(26)18-5-7-19(8-6-18)27-15-17-4-3-9-22-14-17/h3-9,14,16H,10-13,15H2,1-2H3. The number of nitrogens with zero attached hydrogens (tertiary/aromatic N) is 3. The Labute approximate surface area is 164 Å². The molecule has 27 heavy (non-hydrogen) atoms. The van der Waals surface area contributed by atoms with Crippen molar-refractivity contribution in [3.05, 3.63) is 59.9 Å². The van der Waals surface area contributed by atoms with Crippen molar-refractivity contribution in [3.63, 3.8) is 0 Å². The molecular formula is C21H25N3O2S. The van der Waals surface area contributed by atoms with Crippen LogP contribution in [-0.4, -0.2) is 52.8 Å². The van der Waals surface area contributed by atoms with E-state index >= 15 is 0 Å². The van der Waals surface area contributed by atoms with E-state index in [1.807, 2.05) is 60.2 Å². The first kappa shape index (κ1) is 19.4. The zero-order valence-corrected chi connectivity index (χ0v) is 16.6. The Bertz CT molecular complexity index is 770. The second kappa shape index (κ2) is 9.04. The molecule has 1 aromatic heterocycles. The number of amides is 2. The topological polar surface area (TPSA) is 53.5 Å². The predicted octanol–water partition coefficient (Wildman–Crippen LogP) is 3.31. The smallest absolute Gasteiger partial charge is 0.253 e. The van der Waals surface area contributed by atoms with Crippen LogP contribution < -0.4 is 0 Å². The van der Waals surface area contributed by atoms with Crippen LogP contribution in [0.4, 0.5) is 0 Å². The number of hydrogen-bond acceptors (Lipinski definition) is 4. The third-order valence-electron chi connectivity index (χ3n) is 4.60. The van der Waals surface area contributed by atoms with Gasteiger partial charge in [0.05, 0.1) is 0 Å². The minimum absolute atomic E-state index is 0.00367. The molecule has 5 nitrogen and oxygen atoms in total. The van der Waals surface area contributed by atoms with Gasteiger partial charge in [-0.15, -0.1) is 11.8 Å². The Morgan fingerprint density at radius 3 is 2.30 bits per heavy atom. The van der Waals surface area contributed by atoms with Crippen LogP contribution in [0.25, 0.3) is 0 Å². The maximum Gasteiger partial charge on any atom is 0.253 e. The van der Waals surface area contributed by atoms with Gasteiger partial charge in [0.15, 0.2) is 0 Å². The van der Waals surface area contributed by atoms with Gasteiger partial charge in [-0.25, -0.2) is 0 Å². The van der Waals surface area contributed by atoms with Gasteiger partial charge in [-0.2, -0.15) is 0 Å². The monoisotopic (exact) mass is 383 g/mol. The van der Waals surface area contributed by atoms with E-state index in [-0.39, 0.29) is 17.7 Å². The molecule has 0 spiro atoms. The first-order valence-corrected chi connectivity index (χ1v) is 10.2. The Kier molecular flexibility index (Phi) is 6.50. The van der Waals surface area contributed by atoms with E-state index in [1.165, 1.54) is 5.56 Å². The number of aromatic nitrogens is 1. The van der Waals surface area contributed by atoms with Gasteiger partial charge in [0, 0.05) is 60.7 Å². The van der Waals surface area contributed by atoms with Crippen molar-refractivity contribution in [2.45, 2.75) is 24.5 Å². The number of thioether (sulfide) groups is 1. The fourth-order valence-electron chi connectivity index (χ4n) is 3.02. The van der Waals surface area contributed by atoms with Crippen LogP contribution in [0.5, 0.6) is 0 Å². The molecule has 6 heteroatoms. The second-order valence-electron chi connectivity index (χ2n) is 6.95. The molecule has 0 N–H and O–H groups in total. The molecule has 1 aromatic carbocycles. The Morgan fingerprint density at radius 2 is 1.70 bits per heavy atom. The molecule has 2 aromatic rings. The van der Waals surface area contributed by atoms with E-state index in [4.69, 9.17) is 0 Å². The first-order chi connectivity index (χ1) is 13.0. The van der Waals surface area contributed by atoms with Crippen LogP contribution in [0.1, 0.15) is 29.8 Å². The lowest BCUT2D eigenvalue weighted by Gasteiger charge is -2.35. The lowest BCUT2D eigenvalue weighted by molar-refractivity contribution is -0.135. The highest BCUT2D eigenvalue weighted by Crippen LogP contribution is 2.23. The summed E-state index contributed by atoms with van der Waals surface area (Å²) >= 11 is 1.73. The fourth-order valence-corrected chi connectivity index (χ4v) is 3.85. The summed E-state index contributed by atoms with van der Waals surface area (Å²) in [5.74, 6) is 1.06. The summed E-state index contributed by atoms with van der Waals surface area (Å²) < 4.78 is 0. The fraction of sp³-hybridized carbons (Fsp3) is 0.381. The summed E-state index contributed by atoms with van der Waals surface area (Å²) in [4.78, 5) is 33.7. The van der Waals surface area contributed by atoms with E-state index < -0.39 is 0 Å². The maximum absolute atomic E-state index is 12.7. The van der Waals surface area contributed by atoms with Crippen molar-refractivity contribution < 1.29 is 9.59 Å². The average molecular weight is 384 g/mol. The summed E-state index contributed by atoms with van der Waals surface area (Å²) in [7, 11) is 0. The lowest BCUT2D eigenvalue weighted by atomic mass is 10.1. The molecule has 2 amide bonds. The maximum atomic E-state index is 12.7. The number of carbonyl (C=O) groups is 2.